The van der Waals surface area contributed by atoms with Crippen LogP contribution in [0.1, 0.15) is 20.3 Å². The molecule has 6 nitrogen and oxygen atoms in total. The van der Waals surface area contributed by atoms with Crippen LogP contribution in [0.25, 0.3) is 0 Å². The SMILES string of the molecule is CCN1CC[C@@H]2[C@@H](C1)OCCN2C(=O)[C@H](C)S(C)(=O)=O. The molecule has 2 saturated heterocycles. The fourth-order valence-corrected chi connectivity index (χ4v) is 3.44. The van der Waals surface area contributed by atoms with Gasteiger partial charge < -0.3 is 14.5 Å². The highest BCUT2D eigenvalue weighted by atomic mass is 32.2. The smallest absolute Gasteiger partial charge is 0.241 e. The lowest BCUT2D eigenvalue weighted by Crippen LogP contribution is -2.62. The Morgan fingerprint density at radius 3 is 2.70 bits per heavy atom. The molecule has 2 aliphatic rings. The molecule has 3 atom stereocenters. The first-order chi connectivity index (χ1) is 9.34. The minimum Gasteiger partial charge on any atom is -0.373 e. The molecule has 0 saturated carbocycles. The van der Waals surface area contributed by atoms with Gasteiger partial charge in [-0.2, -0.15) is 0 Å². The van der Waals surface area contributed by atoms with Crippen molar-refractivity contribution in [3.8, 4) is 0 Å². The summed E-state index contributed by atoms with van der Waals surface area (Å²) in [5.41, 5.74) is 0. The van der Waals surface area contributed by atoms with Gasteiger partial charge in [-0.25, -0.2) is 8.42 Å². The summed E-state index contributed by atoms with van der Waals surface area (Å²) in [6, 6.07) is 0.0169. The molecule has 0 N–H and O–H groups in total. The van der Waals surface area contributed by atoms with Crippen molar-refractivity contribution in [2.75, 3.05) is 39.0 Å². The Morgan fingerprint density at radius 2 is 2.10 bits per heavy atom. The second-order valence-electron chi connectivity index (χ2n) is 5.66. The summed E-state index contributed by atoms with van der Waals surface area (Å²) in [6.07, 6.45) is 1.97. The lowest BCUT2D eigenvalue weighted by atomic mass is 9.98. The molecular formula is C13H24N2O4S. The summed E-state index contributed by atoms with van der Waals surface area (Å²) >= 11 is 0. The third-order valence-electron chi connectivity index (χ3n) is 4.39. The highest BCUT2D eigenvalue weighted by molar-refractivity contribution is 7.92. The van der Waals surface area contributed by atoms with E-state index in [0.29, 0.717) is 13.2 Å². The van der Waals surface area contributed by atoms with Crippen LogP contribution in [-0.4, -0.2) is 80.6 Å². The Hall–Kier alpha value is -0.660. The van der Waals surface area contributed by atoms with Crippen LogP contribution in [0.4, 0.5) is 0 Å². The van der Waals surface area contributed by atoms with Gasteiger partial charge in [0, 0.05) is 25.9 Å². The van der Waals surface area contributed by atoms with Gasteiger partial charge in [-0.3, -0.25) is 4.79 Å². The van der Waals surface area contributed by atoms with Gasteiger partial charge in [0.05, 0.1) is 18.8 Å². The zero-order chi connectivity index (χ0) is 14.9. The predicted octanol–water partition coefficient (Wildman–Crippen LogP) is -0.259. The van der Waals surface area contributed by atoms with Gasteiger partial charge in [-0.05, 0) is 19.9 Å². The van der Waals surface area contributed by atoms with Crippen molar-refractivity contribution in [3.63, 3.8) is 0 Å². The third kappa shape index (κ3) is 3.15. The number of nitrogens with zero attached hydrogens (tertiary/aromatic N) is 2. The molecule has 0 aliphatic carbocycles. The van der Waals surface area contributed by atoms with Crippen molar-refractivity contribution in [2.45, 2.75) is 37.7 Å². The lowest BCUT2D eigenvalue weighted by molar-refractivity contribution is -0.151. The molecule has 2 heterocycles. The van der Waals surface area contributed by atoms with Gasteiger partial charge in [0.1, 0.15) is 5.25 Å². The maximum Gasteiger partial charge on any atom is 0.241 e. The zero-order valence-electron chi connectivity index (χ0n) is 12.4. The van der Waals surface area contributed by atoms with Crippen LogP contribution in [0, 0.1) is 0 Å². The maximum atomic E-state index is 12.4. The van der Waals surface area contributed by atoms with E-state index >= 15 is 0 Å². The van der Waals surface area contributed by atoms with Gasteiger partial charge in [-0.15, -0.1) is 0 Å². The summed E-state index contributed by atoms with van der Waals surface area (Å²) in [6.45, 7) is 7.28. The second kappa shape index (κ2) is 5.99. The number of morpholine rings is 1. The van der Waals surface area contributed by atoms with Crippen molar-refractivity contribution in [3.05, 3.63) is 0 Å². The van der Waals surface area contributed by atoms with Crippen molar-refractivity contribution in [1.82, 2.24) is 9.80 Å². The molecule has 20 heavy (non-hydrogen) atoms. The van der Waals surface area contributed by atoms with E-state index in [0.717, 1.165) is 32.3 Å². The van der Waals surface area contributed by atoms with Gasteiger partial charge in [-0.1, -0.05) is 6.92 Å². The molecule has 116 valence electrons. The second-order valence-corrected chi connectivity index (χ2v) is 8.03. The Kier molecular flexibility index (Phi) is 4.71. The van der Waals surface area contributed by atoms with E-state index < -0.39 is 15.1 Å². The largest absolute Gasteiger partial charge is 0.373 e. The number of fused-ring (bicyclic) bond motifs is 1. The molecule has 0 radical (unpaired) electrons. The van der Waals surface area contributed by atoms with E-state index in [1.807, 2.05) is 0 Å². The molecule has 0 spiro atoms. The van der Waals surface area contributed by atoms with E-state index in [4.69, 9.17) is 4.74 Å². The number of sulfone groups is 1. The van der Waals surface area contributed by atoms with Crippen molar-refractivity contribution >= 4 is 15.7 Å². The number of likely N-dealkylation sites (tertiary alicyclic amines) is 1. The Bertz CT molecular complexity index is 465. The molecule has 2 aliphatic heterocycles. The first kappa shape index (κ1) is 15.7. The first-order valence-electron chi connectivity index (χ1n) is 7.18. The number of ether oxygens (including phenoxy) is 1. The Balaban J connectivity index is 2.11. The molecule has 0 bridgehead atoms. The first-order valence-corrected chi connectivity index (χ1v) is 9.13. The lowest BCUT2D eigenvalue weighted by Gasteiger charge is -2.47. The highest BCUT2D eigenvalue weighted by Crippen LogP contribution is 2.24. The van der Waals surface area contributed by atoms with Crippen molar-refractivity contribution in [1.29, 1.82) is 0 Å². The van der Waals surface area contributed by atoms with Crippen LogP contribution >= 0.6 is 0 Å². The molecule has 2 fully saturated rings. The van der Waals surface area contributed by atoms with E-state index in [9.17, 15) is 13.2 Å². The average Bonchev–Trinajstić information content (AvgIpc) is 2.43. The molecular weight excluding hydrogens is 280 g/mol. The van der Waals surface area contributed by atoms with Crippen LogP contribution in [0.15, 0.2) is 0 Å². The molecule has 2 rings (SSSR count). The summed E-state index contributed by atoms with van der Waals surface area (Å²) in [4.78, 5) is 16.5. The number of likely N-dealkylation sites (N-methyl/N-ethyl adjacent to an activating group) is 1. The molecule has 7 heteroatoms. The molecule has 0 aromatic rings. The van der Waals surface area contributed by atoms with Crippen LogP contribution < -0.4 is 0 Å². The van der Waals surface area contributed by atoms with Crippen LogP contribution in [0.3, 0.4) is 0 Å². The monoisotopic (exact) mass is 304 g/mol. The van der Waals surface area contributed by atoms with E-state index in [1.165, 1.54) is 6.92 Å². The summed E-state index contributed by atoms with van der Waals surface area (Å²) in [5.74, 6) is -0.282. The Morgan fingerprint density at radius 1 is 1.40 bits per heavy atom. The van der Waals surface area contributed by atoms with Crippen molar-refractivity contribution < 1.29 is 17.9 Å². The molecule has 0 aromatic carbocycles. The van der Waals surface area contributed by atoms with Crippen LogP contribution in [-0.2, 0) is 19.4 Å². The number of hydrogen-bond acceptors (Lipinski definition) is 5. The molecule has 0 aromatic heterocycles. The summed E-state index contributed by atoms with van der Waals surface area (Å²) in [7, 11) is -3.35. The topological polar surface area (TPSA) is 66.9 Å². The van der Waals surface area contributed by atoms with E-state index in [-0.39, 0.29) is 18.1 Å². The summed E-state index contributed by atoms with van der Waals surface area (Å²) in [5, 5.41) is -0.967. The quantitative estimate of drug-likeness (QED) is 0.719. The fraction of sp³-hybridized carbons (Fsp3) is 0.923. The number of piperidine rings is 1. The normalized spacial score (nSPS) is 29.9. The van der Waals surface area contributed by atoms with Gasteiger partial charge >= 0.3 is 0 Å². The zero-order valence-corrected chi connectivity index (χ0v) is 13.2. The van der Waals surface area contributed by atoms with Crippen LogP contribution in [0.5, 0.6) is 0 Å². The molecule has 0 unspecified atom stereocenters. The number of rotatable bonds is 3. The highest BCUT2D eigenvalue weighted by Gasteiger charge is 2.41. The minimum atomic E-state index is -3.35. The number of amides is 1. The average molecular weight is 304 g/mol. The van der Waals surface area contributed by atoms with Gasteiger partial charge in [0.2, 0.25) is 5.91 Å². The minimum absolute atomic E-state index is 0.00756. The van der Waals surface area contributed by atoms with Crippen molar-refractivity contribution in [2.24, 2.45) is 0 Å². The number of carbonyl (C=O) groups excluding carboxylic acids is 1. The predicted molar refractivity (Wildman–Crippen MR) is 76.3 cm³/mol. The fourth-order valence-electron chi connectivity index (χ4n) is 2.93. The third-order valence-corrected chi connectivity index (χ3v) is 5.88. The number of carbonyl (C=O) groups is 1. The summed E-state index contributed by atoms with van der Waals surface area (Å²) < 4.78 is 28.9. The van der Waals surface area contributed by atoms with Gasteiger partial charge in [0.25, 0.3) is 0 Å². The van der Waals surface area contributed by atoms with E-state index in [1.54, 1.807) is 4.90 Å². The Labute approximate surface area is 121 Å². The standard InChI is InChI=1S/C13H24N2O4S/c1-4-14-6-5-11-12(9-14)19-8-7-15(11)13(16)10(2)20(3,17)18/h10-12H,4-9H2,1-3H3/t10-,11+,12+/m0/s1. The number of hydrogen-bond donors (Lipinski definition) is 0. The maximum absolute atomic E-state index is 12.4. The molecule has 1 amide bonds. The van der Waals surface area contributed by atoms with E-state index in [2.05, 4.69) is 11.8 Å². The van der Waals surface area contributed by atoms with Gasteiger partial charge in [0.15, 0.2) is 9.84 Å². The van der Waals surface area contributed by atoms with Crippen LogP contribution in [0.2, 0.25) is 0 Å².